The number of hydrogen-bond acceptors (Lipinski definition) is 1. The van der Waals surface area contributed by atoms with E-state index in [-0.39, 0.29) is 16.9 Å². The molecule has 5 rings (SSSR count). The van der Waals surface area contributed by atoms with Gasteiger partial charge in [0.15, 0.2) is 0 Å². The average Bonchev–Trinajstić information content (AvgIpc) is 3.01. The summed E-state index contributed by atoms with van der Waals surface area (Å²) in [6, 6.07) is 4.80. The second-order valence-corrected chi connectivity index (χ2v) is 13.9. The molecule has 244 valence electrons. The van der Waals surface area contributed by atoms with E-state index >= 15 is 8.78 Å². The Balaban J connectivity index is 1.08. The Morgan fingerprint density at radius 1 is 0.682 bits per heavy atom. The zero-order valence-corrected chi connectivity index (χ0v) is 26.0. The molecule has 0 unspecified atom stereocenters. The van der Waals surface area contributed by atoms with E-state index in [2.05, 4.69) is 6.92 Å². The van der Waals surface area contributed by atoms with Crippen molar-refractivity contribution in [1.82, 2.24) is 0 Å². The van der Waals surface area contributed by atoms with E-state index in [9.17, 15) is 17.6 Å². The third-order valence-electron chi connectivity index (χ3n) is 11.3. The lowest BCUT2D eigenvalue weighted by Gasteiger charge is -2.42. The molecule has 7 heteroatoms. The first-order valence-electron chi connectivity index (χ1n) is 17.1. The van der Waals surface area contributed by atoms with Gasteiger partial charge in [0.25, 0.3) is 0 Å². The minimum Gasteiger partial charge on any atom is -0.432 e. The standard InChI is InChI=1S/C37H48F6O/c1-2-3-4-5-24-6-8-25(9-7-24)26-10-12-27(13-11-26)28-14-16-30(17-15-28)37(42,43)44-31-18-19-32(36(41)22-31)29-20-34(39)33(23-38)35(40)21-29/h18-22,24-28,30H,2-17,23H2,1H3. The van der Waals surface area contributed by atoms with Gasteiger partial charge in [0.05, 0.1) is 11.5 Å². The maximum absolute atomic E-state index is 15.2. The van der Waals surface area contributed by atoms with E-state index in [4.69, 9.17) is 4.74 Å². The minimum atomic E-state index is -3.45. The van der Waals surface area contributed by atoms with Crippen LogP contribution in [-0.2, 0) is 6.67 Å². The van der Waals surface area contributed by atoms with Gasteiger partial charge >= 0.3 is 6.11 Å². The Morgan fingerprint density at radius 3 is 1.70 bits per heavy atom. The van der Waals surface area contributed by atoms with Crippen molar-refractivity contribution in [2.24, 2.45) is 35.5 Å². The molecule has 0 spiro atoms. The SMILES string of the molecule is CCCCCC1CCC(C2CCC(C3CCC(C(F)(F)Oc4ccc(-c5cc(F)c(CF)c(F)c5)c(F)c4)CC3)CC2)CC1. The smallest absolute Gasteiger partial charge is 0.400 e. The van der Waals surface area contributed by atoms with Crippen LogP contribution in [-0.4, -0.2) is 6.11 Å². The minimum absolute atomic E-state index is 0.148. The summed E-state index contributed by atoms with van der Waals surface area (Å²) in [5, 5.41) is 0. The highest BCUT2D eigenvalue weighted by atomic mass is 19.3. The van der Waals surface area contributed by atoms with Crippen LogP contribution < -0.4 is 4.74 Å². The molecule has 0 N–H and O–H groups in total. The van der Waals surface area contributed by atoms with Crippen molar-refractivity contribution in [3.05, 3.63) is 53.3 Å². The van der Waals surface area contributed by atoms with Gasteiger partial charge in [-0.15, -0.1) is 0 Å². The predicted molar refractivity (Wildman–Crippen MR) is 163 cm³/mol. The maximum atomic E-state index is 15.2. The molecule has 0 aliphatic heterocycles. The summed E-state index contributed by atoms with van der Waals surface area (Å²) in [5.74, 6) is -0.723. The molecule has 0 saturated heterocycles. The van der Waals surface area contributed by atoms with Gasteiger partial charge in [0.1, 0.15) is 29.9 Å². The van der Waals surface area contributed by atoms with Gasteiger partial charge in [-0.3, -0.25) is 0 Å². The first-order valence-corrected chi connectivity index (χ1v) is 17.1. The molecule has 1 nitrogen and oxygen atoms in total. The fourth-order valence-electron chi connectivity index (χ4n) is 8.57. The van der Waals surface area contributed by atoms with Crippen molar-refractivity contribution in [2.75, 3.05) is 0 Å². The lowest BCUT2D eigenvalue weighted by Crippen LogP contribution is -2.38. The second-order valence-electron chi connectivity index (χ2n) is 13.9. The molecule has 0 radical (unpaired) electrons. The molecule has 3 fully saturated rings. The summed E-state index contributed by atoms with van der Waals surface area (Å²) in [4.78, 5) is 0. The third-order valence-corrected chi connectivity index (χ3v) is 11.3. The molecular weight excluding hydrogens is 574 g/mol. The van der Waals surface area contributed by atoms with Gasteiger partial charge in [-0.25, -0.2) is 17.6 Å². The van der Waals surface area contributed by atoms with E-state index in [1.807, 2.05) is 0 Å². The highest BCUT2D eigenvalue weighted by Gasteiger charge is 2.45. The number of unbranched alkanes of at least 4 members (excludes halogenated alkanes) is 2. The number of alkyl halides is 3. The summed E-state index contributed by atoms with van der Waals surface area (Å²) in [6.45, 7) is 0.941. The van der Waals surface area contributed by atoms with Crippen LogP contribution in [0.15, 0.2) is 30.3 Å². The van der Waals surface area contributed by atoms with Crippen LogP contribution in [0.1, 0.15) is 115 Å². The zero-order chi connectivity index (χ0) is 31.3. The van der Waals surface area contributed by atoms with Crippen LogP contribution in [0.25, 0.3) is 11.1 Å². The van der Waals surface area contributed by atoms with Gasteiger partial charge in [-0.05, 0) is 124 Å². The van der Waals surface area contributed by atoms with Crippen LogP contribution in [0.2, 0.25) is 0 Å². The van der Waals surface area contributed by atoms with E-state index in [0.717, 1.165) is 54.9 Å². The van der Waals surface area contributed by atoms with Crippen molar-refractivity contribution in [2.45, 2.75) is 122 Å². The van der Waals surface area contributed by atoms with Gasteiger partial charge in [-0.2, -0.15) is 8.78 Å². The Bertz CT molecular complexity index is 1180. The molecule has 3 aliphatic rings. The maximum Gasteiger partial charge on any atom is 0.400 e. The third kappa shape index (κ3) is 7.96. The molecule has 3 saturated carbocycles. The fourth-order valence-corrected chi connectivity index (χ4v) is 8.57. The highest BCUT2D eigenvalue weighted by Crippen LogP contribution is 2.48. The molecule has 0 amide bonds. The van der Waals surface area contributed by atoms with Crippen LogP contribution >= 0.6 is 0 Å². The Kier molecular flexibility index (Phi) is 11.3. The zero-order valence-electron chi connectivity index (χ0n) is 26.0. The fraction of sp³-hybridized carbons (Fsp3) is 0.676. The lowest BCUT2D eigenvalue weighted by molar-refractivity contribution is -0.224. The van der Waals surface area contributed by atoms with E-state index in [1.54, 1.807) is 0 Å². The largest absolute Gasteiger partial charge is 0.432 e. The molecule has 44 heavy (non-hydrogen) atoms. The van der Waals surface area contributed by atoms with Gasteiger partial charge in [0.2, 0.25) is 0 Å². The normalized spacial score (nSPS) is 28.2. The molecule has 0 atom stereocenters. The van der Waals surface area contributed by atoms with Gasteiger partial charge < -0.3 is 4.74 Å². The first-order chi connectivity index (χ1) is 21.2. The quantitative estimate of drug-likeness (QED) is 0.179. The second kappa shape index (κ2) is 14.9. The van der Waals surface area contributed by atoms with E-state index in [0.29, 0.717) is 24.7 Å². The van der Waals surface area contributed by atoms with E-state index < -0.39 is 41.7 Å². The van der Waals surface area contributed by atoms with Crippen molar-refractivity contribution >= 4 is 0 Å². The molecular formula is C37H48F6O. The number of hydrogen-bond donors (Lipinski definition) is 0. The van der Waals surface area contributed by atoms with Crippen molar-refractivity contribution in [1.29, 1.82) is 0 Å². The summed E-state index contributed by atoms with van der Waals surface area (Å²) in [7, 11) is 0. The average molecular weight is 623 g/mol. The van der Waals surface area contributed by atoms with Crippen molar-refractivity contribution in [3.63, 3.8) is 0 Å². The summed E-state index contributed by atoms with van der Waals surface area (Å²) in [6.07, 6.45) is 14.9. The number of halogens is 6. The number of rotatable bonds is 11. The molecule has 0 bridgehead atoms. The molecule has 2 aromatic rings. The monoisotopic (exact) mass is 622 g/mol. The van der Waals surface area contributed by atoms with Crippen LogP contribution in [0, 0.1) is 53.0 Å². The van der Waals surface area contributed by atoms with Gasteiger partial charge in [-0.1, -0.05) is 45.4 Å². The summed E-state index contributed by atoms with van der Waals surface area (Å²) < 4.78 is 91.1. The highest BCUT2D eigenvalue weighted by molar-refractivity contribution is 5.65. The lowest BCUT2D eigenvalue weighted by atomic mass is 9.65. The predicted octanol–water partition coefficient (Wildman–Crippen LogP) is 12.2. The van der Waals surface area contributed by atoms with Crippen LogP contribution in [0.3, 0.4) is 0 Å². The van der Waals surface area contributed by atoms with Gasteiger partial charge in [0, 0.05) is 11.6 Å². The molecule has 0 heterocycles. The summed E-state index contributed by atoms with van der Waals surface area (Å²) in [5.41, 5.74) is -1.07. The van der Waals surface area contributed by atoms with Crippen LogP contribution in [0.4, 0.5) is 26.3 Å². The number of benzene rings is 2. The molecule has 0 aromatic heterocycles. The van der Waals surface area contributed by atoms with Crippen molar-refractivity contribution < 1.29 is 31.1 Å². The molecule has 2 aromatic carbocycles. The Hall–Kier alpha value is -2.18. The number of ether oxygens (including phenoxy) is 1. The Labute approximate surface area is 259 Å². The first kappa shape index (κ1) is 33.2. The topological polar surface area (TPSA) is 9.23 Å². The molecule has 3 aliphatic carbocycles. The summed E-state index contributed by atoms with van der Waals surface area (Å²) >= 11 is 0. The van der Waals surface area contributed by atoms with Crippen LogP contribution in [0.5, 0.6) is 5.75 Å². The Morgan fingerprint density at radius 2 is 1.20 bits per heavy atom. The van der Waals surface area contributed by atoms with E-state index in [1.165, 1.54) is 83.1 Å². The van der Waals surface area contributed by atoms with Crippen molar-refractivity contribution in [3.8, 4) is 16.9 Å².